The predicted octanol–water partition coefficient (Wildman–Crippen LogP) is 3.82. The summed E-state index contributed by atoms with van der Waals surface area (Å²) in [5.41, 5.74) is 3.40. The Kier molecular flexibility index (Phi) is 6.32. The SMILES string of the molecule is COc1ccc(C(=O)N/N=C\c2ccc(OC(=O)c3ccccc3F)cc2)cc1. The fraction of sp³-hybridized carbons (Fsp3) is 0.0455. The Morgan fingerprint density at radius 1 is 0.931 bits per heavy atom. The summed E-state index contributed by atoms with van der Waals surface area (Å²) in [5, 5.41) is 3.90. The van der Waals surface area contributed by atoms with E-state index in [9.17, 15) is 14.0 Å². The molecule has 6 nitrogen and oxygen atoms in total. The van der Waals surface area contributed by atoms with E-state index in [1.54, 1.807) is 61.7 Å². The van der Waals surface area contributed by atoms with Gasteiger partial charge in [-0.3, -0.25) is 4.79 Å². The lowest BCUT2D eigenvalue weighted by molar-refractivity contribution is 0.0729. The van der Waals surface area contributed by atoms with Crippen molar-refractivity contribution in [2.75, 3.05) is 7.11 Å². The molecule has 0 aliphatic heterocycles. The van der Waals surface area contributed by atoms with E-state index < -0.39 is 11.8 Å². The van der Waals surface area contributed by atoms with Gasteiger partial charge < -0.3 is 9.47 Å². The second-order valence-corrected chi connectivity index (χ2v) is 5.87. The van der Waals surface area contributed by atoms with E-state index >= 15 is 0 Å². The molecule has 0 unspecified atom stereocenters. The zero-order valence-electron chi connectivity index (χ0n) is 15.5. The number of hydrogen-bond donors (Lipinski definition) is 1. The standard InChI is InChI=1S/C22H17FN2O4/c1-28-17-12-8-16(9-13-17)21(26)25-24-14-15-6-10-18(11-7-15)29-22(27)19-4-2-3-5-20(19)23/h2-14H,1H3,(H,25,26)/b24-14-. The van der Waals surface area contributed by atoms with E-state index in [4.69, 9.17) is 9.47 Å². The summed E-state index contributed by atoms with van der Waals surface area (Å²) in [4.78, 5) is 24.0. The average Bonchev–Trinajstić information content (AvgIpc) is 2.75. The molecule has 0 saturated heterocycles. The maximum absolute atomic E-state index is 13.6. The number of carbonyl (C=O) groups is 2. The van der Waals surface area contributed by atoms with Crippen molar-refractivity contribution in [3.8, 4) is 11.5 Å². The number of hydrogen-bond acceptors (Lipinski definition) is 5. The fourth-order valence-corrected chi connectivity index (χ4v) is 2.38. The molecule has 7 heteroatoms. The molecule has 3 aromatic carbocycles. The molecule has 3 rings (SSSR count). The average molecular weight is 392 g/mol. The number of hydrazone groups is 1. The van der Waals surface area contributed by atoms with E-state index in [0.29, 0.717) is 16.9 Å². The fourth-order valence-electron chi connectivity index (χ4n) is 2.38. The first kappa shape index (κ1) is 19.8. The van der Waals surface area contributed by atoms with Crippen molar-refractivity contribution < 1.29 is 23.5 Å². The highest BCUT2D eigenvalue weighted by Gasteiger charge is 2.13. The smallest absolute Gasteiger partial charge is 0.346 e. The van der Waals surface area contributed by atoms with Crippen LogP contribution < -0.4 is 14.9 Å². The molecule has 0 atom stereocenters. The summed E-state index contributed by atoms with van der Waals surface area (Å²) in [6.07, 6.45) is 1.45. The van der Waals surface area contributed by atoms with Crippen LogP contribution in [0.3, 0.4) is 0 Å². The third-order valence-corrected chi connectivity index (χ3v) is 3.92. The van der Waals surface area contributed by atoms with Gasteiger partial charge in [-0.15, -0.1) is 0 Å². The first-order chi connectivity index (χ1) is 14.1. The quantitative estimate of drug-likeness (QED) is 0.299. The molecular formula is C22H17FN2O4. The Morgan fingerprint density at radius 2 is 1.59 bits per heavy atom. The van der Waals surface area contributed by atoms with Gasteiger partial charge in [0.1, 0.15) is 17.3 Å². The van der Waals surface area contributed by atoms with E-state index in [1.807, 2.05) is 0 Å². The van der Waals surface area contributed by atoms with Crippen molar-refractivity contribution >= 4 is 18.1 Å². The van der Waals surface area contributed by atoms with E-state index in [0.717, 1.165) is 0 Å². The van der Waals surface area contributed by atoms with Crippen molar-refractivity contribution in [3.05, 3.63) is 95.3 Å². The zero-order chi connectivity index (χ0) is 20.6. The Morgan fingerprint density at radius 3 is 2.24 bits per heavy atom. The minimum absolute atomic E-state index is 0.139. The summed E-state index contributed by atoms with van der Waals surface area (Å²) in [6.45, 7) is 0. The van der Waals surface area contributed by atoms with E-state index in [1.165, 1.54) is 24.4 Å². The van der Waals surface area contributed by atoms with Crippen LogP contribution in [0.5, 0.6) is 11.5 Å². The topological polar surface area (TPSA) is 77.0 Å². The number of rotatable bonds is 6. The second kappa shape index (κ2) is 9.27. The molecule has 0 aliphatic rings. The summed E-state index contributed by atoms with van der Waals surface area (Å²) < 4.78 is 23.8. The van der Waals surface area contributed by atoms with Crippen LogP contribution in [0.25, 0.3) is 0 Å². The van der Waals surface area contributed by atoms with Crippen LogP contribution in [0.2, 0.25) is 0 Å². The number of benzene rings is 3. The van der Waals surface area contributed by atoms with Gasteiger partial charge in [-0.05, 0) is 66.2 Å². The van der Waals surface area contributed by atoms with Crippen LogP contribution in [-0.2, 0) is 0 Å². The number of amides is 1. The molecule has 0 spiro atoms. The first-order valence-electron chi connectivity index (χ1n) is 8.61. The Bertz CT molecular complexity index is 1030. The Labute approximate surface area is 166 Å². The highest BCUT2D eigenvalue weighted by Crippen LogP contribution is 2.15. The molecule has 1 N–H and O–H groups in total. The number of carbonyl (C=O) groups excluding carboxylic acids is 2. The molecule has 1 amide bonds. The van der Waals surface area contributed by atoms with Gasteiger partial charge in [0.25, 0.3) is 5.91 Å². The highest BCUT2D eigenvalue weighted by molar-refractivity contribution is 5.95. The molecule has 0 heterocycles. The number of methoxy groups -OCH3 is 1. The van der Waals surface area contributed by atoms with Gasteiger partial charge in [-0.25, -0.2) is 14.6 Å². The van der Waals surface area contributed by atoms with E-state index in [-0.39, 0.29) is 17.2 Å². The number of ether oxygens (including phenoxy) is 2. The Balaban J connectivity index is 1.56. The van der Waals surface area contributed by atoms with E-state index in [2.05, 4.69) is 10.5 Å². The lowest BCUT2D eigenvalue weighted by Crippen LogP contribution is -2.17. The second-order valence-electron chi connectivity index (χ2n) is 5.87. The summed E-state index contributed by atoms with van der Waals surface area (Å²) >= 11 is 0. The lowest BCUT2D eigenvalue weighted by atomic mass is 10.2. The van der Waals surface area contributed by atoms with Gasteiger partial charge in [0.05, 0.1) is 18.9 Å². The first-order valence-corrected chi connectivity index (χ1v) is 8.61. The largest absolute Gasteiger partial charge is 0.497 e. The normalized spacial score (nSPS) is 10.6. The molecule has 0 bridgehead atoms. The molecule has 3 aromatic rings. The molecule has 0 radical (unpaired) electrons. The van der Waals surface area contributed by atoms with Gasteiger partial charge in [-0.2, -0.15) is 5.10 Å². The van der Waals surface area contributed by atoms with Crippen LogP contribution in [0.1, 0.15) is 26.3 Å². The van der Waals surface area contributed by atoms with Crippen LogP contribution in [-0.4, -0.2) is 25.2 Å². The molecule has 0 fully saturated rings. The Hall–Kier alpha value is -4.00. The third kappa shape index (κ3) is 5.26. The summed E-state index contributed by atoms with van der Waals surface area (Å²) in [5.74, 6) is -0.872. The maximum Gasteiger partial charge on any atom is 0.346 e. The van der Waals surface area contributed by atoms with Crippen molar-refractivity contribution in [1.82, 2.24) is 5.43 Å². The van der Waals surface area contributed by atoms with Gasteiger partial charge in [0.15, 0.2) is 0 Å². The molecule has 0 aromatic heterocycles. The van der Waals surface area contributed by atoms with Crippen LogP contribution in [0.15, 0.2) is 77.9 Å². The molecule has 0 aliphatic carbocycles. The van der Waals surface area contributed by atoms with Gasteiger partial charge in [0.2, 0.25) is 0 Å². The van der Waals surface area contributed by atoms with Gasteiger partial charge >= 0.3 is 5.97 Å². The van der Waals surface area contributed by atoms with Crippen molar-refractivity contribution in [1.29, 1.82) is 0 Å². The third-order valence-electron chi connectivity index (χ3n) is 3.92. The van der Waals surface area contributed by atoms with Gasteiger partial charge in [0, 0.05) is 5.56 Å². The van der Waals surface area contributed by atoms with Crippen LogP contribution in [0, 0.1) is 5.82 Å². The molecule has 146 valence electrons. The summed E-state index contributed by atoms with van der Waals surface area (Å²) in [7, 11) is 1.55. The minimum Gasteiger partial charge on any atom is -0.497 e. The maximum atomic E-state index is 13.6. The number of nitrogens with one attached hydrogen (secondary N) is 1. The van der Waals surface area contributed by atoms with Crippen molar-refractivity contribution in [3.63, 3.8) is 0 Å². The van der Waals surface area contributed by atoms with Gasteiger partial charge in [-0.1, -0.05) is 12.1 Å². The number of nitrogens with zero attached hydrogens (tertiary/aromatic N) is 1. The highest BCUT2D eigenvalue weighted by atomic mass is 19.1. The van der Waals surface area contributed by atoms with Crippen LogP contribution in [0.4, 0.5) is 4.39 Å². The molecular weight excluding hydrogens is 375 g/mol. The van der Waals surface area contributed by atoms with Crippen molar-refractivity contribution in [2.45, 2.75) is 0 Å². The predicted molar refractivity (Wildman–Crippen MR) is 106 cm³/mol. The zero-order valence-corrected chi connectivity index (χ0v) is 15.5. The van der Waals surface area contributed by atoms with Crippen LogP contribution >= 0.6 is 0 Å². The lowest BCUT2D eigenvalue weighted by Gasteiger charge is -2.05. The summed E-state index contributed by atoms with van der Waals surface area (Å²) in [6, 6.07) is 18.6. The number of esters is 1. The minimum atomic E-state index is -0.781. The monoisotopic (exact) mass is 392 g/mol. The number of halogens is 1. The van der Waals surface area contributed by atoms with Crippen molar-refractivity contribution in [2.24, 2.45) is 5.10 Å². The molecule has 0 saturated carbocycles. The molecule has 29 heavy (non-hydrogen) atoms.